The van der Waals surface area contributed by atoms with Gasteiger partial charge in [-0.05, 0) is 24.6 Å². The van der Waals surface area contributed by atoms with Crippen LogP contribution >= 0.6 is 11.8 Å². The molecule has 1 aromatic carbocycles. The minimum absolute atomic E-state index is 0.0943. The number of benzene rings is 1. The summed E-state index contributed by atoms with van der Waals surface area (Å²) in [5, 5.41) is 2.68. The second kappa shape index (κ2) is 6.06. The van der Waals surface area contributed by atoms with E-state index in [1.54, 1.807) is 23.9 Å². The molecule has 1 fully saturated rings. The number of nitrogens with one attached hydrogen (secondary N) is 1. The number of carbonyl (C=O) groups is 2. The van der Waals surface area contributed by atoms with Crippen molar-refractivity contribution in [2.75, 3.05) is 18.8 Å². The molecule has 3 amide bonds. The van der Waals surface area contributed by atoms with E-state index >= 15 is 0 Å². The summed E-state index contributed by atoms with van der Waals surface area (Å²) in [5.41, 5.74) is 1.03. The third-order valence-electron chi connectivity index (χ3n) is 2.96. The Morgan fingerprint density at radius 1 is 1.37 bits per heavy atom. The molecule has 1 N–H and O–H groups in total. The minimum atomic E-state index is -0.319. The first kappa shape index (κ1) is 13.9. The molecule has 1 aliphatic heterocycles. The van der Waals surface area contributed by atoms with Crippen LogP contribution in [-0.2, 0) is 4.79 Å². The van der Waals surface area contributed by atoms with Crippen molar-refractivity contribution in [2.24, 2.45) is 0 Å². The number of nitrogens with zero attached hydrogens (tertiary/aromatic N) is 1. The Balaban J connectivity index is 1.81. The Morgan fingerprint density at radius 2 is 2.05 bits per heavy atom. The molecule has 1 aliphatic rings. The van der Waals surface area contributed by atoms with Gasteiger partial charge in [-0.15, -0.1) is 0 Å². The van der Waals surface area contributed by atoms with Crippen LogP contribution in [0.3, 0.4) is 0 Å². The maximum Gasteiger partial charge on any atom is 0.324 e. The molecule has 1 saturated heterocycles. The monoisotopic (exact) mass is 282 g/mol. The van der Waals surface area contributed by atoms with Crippen LogP contribution < -0.4 is 5.32 Å². The van der Waals surface area contributed by atoms with Crippen LogP contribution in [0, 0.1) is 5.82 Å². The zero-order valence-electron chi connectivity index (χ0n) is 10.6. The van der Waals surface area contributed by atoms with E-state index in [2.05, 4.69) is 5.32 Å². The Kier molecular flexibility index (Phi) is 4.42. The topological polar surface area (TPSA) is 49.4 Å². The van der Waals surface area contributed by atoms with Crippen molar-refractivity contribution in [1.82, 2.24) is 10.2 Å². The average molecular weight is 282 g/mol. The van der Waals surface area contributed by atoms with Gasteiger partial charge in [0.25, 0.3) is 0 Å². The number of halogens is 1. The van der Waals surface area contributed by atoms with E-state index in [0.717, 1.165) is 5.56 Å². The summed E-state index contributed by atoms with van der Waals surface area (Å²) in [5.74, 6) is 0.234. The van der Waals surface area contributed by atoms with E-state index in [-0.39, 0.29) is 29.6 Å². The molecule has 1 unspecified atom stereocenters. The molecule has 0 spiro atoms. The van der Waals surface area contributed by atoms with E-state index in [1.807, 2.05) is 6.92 Å². The smallest absolute Gasteiger partial charge is 0.324 e. The third-order valence-corrected chi connectivity index (χ3v) is 4.15. The van der Waals surface area contributed by atoms with Crippen molar-refractivity contribution < 1.29 is 14.0 Å². The van der Waals surface area contributed by atoms with Crippen molar-refractivity contribution in [1.29, 1.82) is 0 Å². The molecule has 2 rings (SSSR count). The number of thioether (sulfide) groups is 1. The number of rotatable bonds is 5. The van der Waals surface area contributed by atoms with Crippen molar-refractivity contribution in [3.05, 3.63) is 35.6 Å². The quantitative estimate of drug-likeness (QED) is 0.842. The maximum absolute atomic E-state index is 12.8. The van der Waals surface area contributed by atoms with E-state index < -0.39 is 0 Å². The SMILES string of the molecule is CC(SCCN1C(=O)CNC1=O)c1ccc(F)cc1. The molecule has 0 aromatic heterocycles. The van der Waals surface area contributed by atoms with Gasteiger partial charge in [-0.1, -0.05) is 12.1 Å². The summed E-state index contributed by atoms with van der Waals surface area (Å²) in [6.07, 6.45) is 0. The number of urea groups is 1. The molecule has 0 saturated carbocycles. The molecule has 1 heterocycles. The highest BCUT2D eigenvalue weighted by molar-refractivity contribution is 7.99. The van der Waals surface area contributed by atoms with Crippen molar-refractivity contribution in [3.63, 3.8) is 0 Å². The van der Waals surface area contributed by atoms with Gasteiger partial charge < -0.3 is 5.32 Å². The molecule has 6 heteroatoms. The van der Waals surface area contributed by atoms with Gasteiger partial charge in [0.05, 0.1) is 6.54 Å². The highest BCUT2D eigenvalue weighted by atomic mass is 32.2. The van der Waals surface area contributed by atoms with E-state index in [4.69, 9.17) is 0 Å². The first-order valence-corrected chi connectivity index (χ1v) is 7.08. The van der Waals surface area contributed by atoms with Gasteiger partial charge in [0.1, 0.15) is 5.82 Å². The van der Waals surface area contributed by atoms with Gasteiger partial charge in [0.15, 0.2) is 0 Å². The molecule has 0 bridgehead atoms. The van der Waals surface area contributed by atoms with Crippen LogP contribution in [0.25, 0.3) is 0 Å². The second-order valence-electron chi connectivity index (χ2n) is 4.27. The largest absolute Gasteiger partial charge is 0.329 e. The number of amides is 3. The van der Waals surface area contributed by atoms with Crippen LogP contribution in [0.4, 0.5) is 9.18 Å². The second-order valence-corrected chi connectivity index (χ2v) is 5.72. The highest BCUT2D eigenvalue weighted by Gasteiger charge is 2.27. The summed E-state index contributed by atoms with van der Waals surface area (Å²) in [4.78, 5) is 23.9. The Morgan fingerprint density at radius 3 is 2.63 bits per heavy atom. The van der Waals surface area contributed by atoms with Crippen molar-refractivity contribution >= 4 is 23.7 Å². The molecular formula is C13H15FN2O2S. The summed E-state index contributed by atoms with van der Waals surface area (Å²) in [6, 6.07) is 6.05. The Hall–Kier alpha value is -1.56. The highest BCUT2D eigenvalue weighted by Crippen LogP contribution is 2.28. The fraction of sp³-hybridized carbons (Fsp3) is 0.385. The fourth-order valence-corrected chi connectivity index (χ4v) is 2.82. The van der Waals surface area contributed by atoms with Crippen molar-refractivity contribution in [2.45, 2.75) is 12.2 Å². The molecule has 0 aliphatic carbocycles. The Bertz CT molecular complexity index is 462. The lowest BCUT2D eigenvalue weighted by molar-refractivity contribution is -0.124. The fourth-order valence-electron chi connectivity index (χ4n) is 1.83. The zero-order chi connectivity index (χ0) is 13.8. The molecule has 102 valence electrons. The standard InChI is InChI=1S/C13H15FN2O2S/c1-9(10-2-4-11(14)5-3-10)19-7-6-16-12(17)8-15-13(16)18/h2-5,9H,6-8H2,1H3,(H,15,18). The first-order valence-electron chi connectivity index (χ1n) is 6.03. The summed E-state index contributed by atoms with van der Waals surface area (Å²) >= 11 is 1.63. The predicted molar refractivity (Wildman–Crippen MR) is 72.4 cm³/mol. The number of hydrogen-bond donors (Lipinski definition) is 1. The van der Waals surface area contributed by atoms with Gasteiger partial charge in [-0.25, -0.2) is 9.18 Å². The van der Waals surface area contributed by atoms with Crippen LogP contribution in [0.1, 0.15) is 17.7 Å². The average Bonchev–Trinajstić information content (AvgIpc) is 2.71. The molecule has 1 atom stereocenters. The van der Waals surface area contributed by atoms with Gasteiger partial charge in [0, 0.05) is 17.5 Å². The normalized spacial score (nSPS) is 16.6. The third kappa shape index (κ3) is 3.47. The maximum atomic E-state index is 12.8. The van der Waals surface area contributed by atoms with Crippen LogP contribution in [0.2, 0.25) is 0 Å². The molecular weight excluding hydrogens is 267 g/mol. The molecule has 1 aromatic rings. The Labute approximate surface area is 115 Å². The van der Waals surface area contributed by atoms with Crippen LogP contribution in [0.15, 0.2) is 24.3 Å². The van der Waals surface area contributed by atoms with Crippen LogP contribution in [-0.4, -0.2) is 35.7 Å². The minimum Gasteiger partial charge on any atom is -0.329 e. The lowest BCUT2D eigenvalue weighted by Crippen LogP contribution is -2.33. The van der Waals surface area contributed by atoms with E-state index in [0.29, 0.717) is 12.3 Å². The summed E-state index contributed by atoms with van der Waals surface area (Å²) < 4.78 is 12.8. The lowest BCUT2D eigenvalue weighted by Gasteiger charge is -2.15. The predicted octanol–water partition coefficient (Wildman–Crippen LogP) is 2.17. The van der Waals surface area contributed by atoms with Crippen LogP contribution in [0.5, 0.6) is 0 Å². The van der Waals surface area contributed by atoms with Gasteiger partial charge in [0.2, 0.25) is 5.91 Å². The number of carbonyl (C=O) groups excluding carboxylic acids is 2. The molecule has 19 heavy (non-hydrogen) atoms. The molecule has 4 nitrogen and oxygen atoms in total. The number of hydrogen-bond acceptors (Lipinski definition) is 3. The summed E-state index contributed by atoms with van der Waals surface area (Å²) in [7, 11) is 0. The zero-order valence-corrected chi connectivity index (χ0v) is 11.4. The van der Waals surface area contributed by atoms with Gasteiger partial charge >= 0.3 is 6.03 Å². The van der Waals surface area contributed by atoms with Gasteiger partial charge in [-0.2, -0.15) is 11.8 Å². The van der Waals surface area contributed by atoms with E-state index in [9.17, 15) is 14.0 Å². The first-order chi connectivity index (χ1) is 9.08. The van der Waals surface area contributed by atoms with Crippen molar-refractivity contribution in [3.8, 4) is 0 Å². The summed E-state index contributed by atoms with van der Waals surface area (Å²) in [6.45, 7) is 2.52. The van der Waals surface area contributed by atoms with Gasteiger partial charge in [-0.3, -0.25) is 9.69 Å². The van der Waals surface area contributed by atoms with E-state index in [1.165, 1.54) is 17.0 Å². The number of imide groups is 1. The molecule has 0 radical (unpaired) electrons. The lowest BCUT2D eigenvalue weighted by atomic mass is 10.2.